The van der Waals surface area contributed by atoms with Gasteiger partial charge in [-0.1, -0.05) is 32.0 Å². The highest BCUT2D eigenvalue weighted by Gasteiger charge is 2.35. The second kappa shape index (κ2) is 7.59. The lowest BCUT2D eigenvalue weighted by Gasteiger charge is -2.38. The second-order valence-electron chi connectivity index (χ2n) is 6.65. The van der Waals surface area contributed by atoms with Crippen molar-refractivity contribution in [2.24, 2.45) is 0 Å². The van der Waals surface area contributed by atoms with Crippen LogP contribution in [0.15, 0.2) is 24.3 Å². The van der Waals surface area contributed by atoms with Gasteiger partial charge < -0.3 is 15.3 Å². The smallest absolute Gasteiger partial charge is 0.227 e. The maximum atomic E-state index is 12.5. The zero-order valence-electron chi connectivity index (χ0n) is 14.0. The zero-order valence-corrected chi connectivity index (χ0v) is 14.0. The van der Waals surface area contributed by atoms with E-state index in [1.807, 2.05) is 23.1 Å². The van der Waals surface area contributed by atoms with Crippen molar-refractivity contribution in [2.45, 2.75) is 44.9 Å². The van der Waals surface area contributed by atoms with Crippen molar-refractivity contribution in [1.82, 2.24) is 5.32 Å². The number of carbonyl (C=O) groups is 2. The molecule has 0 atom stereocenters. The van der Waals surface area contributed by atoms with Crippen molar-refractivity contribution < 1.29 is 14.7 Å². The lowest BCUT2D eigenvalue weighted by molar-refractivity contribution is -0.122. The van der Waals surface area contributed by atoms with Gasteiger partial charge in [0.1, 0.15) is 0 Å². The van der Waals surface area contributed by atoms with Gasteiger partial charge in [0.2, 0.25) is 11.8 Å². The monoisotopic (exact) mass is 318 g/mol. The Labute approximate surface area is 137 Å². The molecule has 126 valence electrons. The number of benzene rings is 1. The highest BCUT2D eigenvalue weighted by molar-refractivity contribution is 5.97. The standard InChI is InChI=1S/C18H26N2O3/c1-18(2)13-17(23)20(15-8-4-3-7-14(15)18)11-5-9-16(22)19-10-6-12-21/h3-4,7-8,21H,5-6,9-13H2,1-2H3,(H,19,22). The summed E-state index contributed by atoms with van der Waals surface area (Å²) in [5.41, 5.74) is 2.01. The van der Waals surface area contributed by atoms with Gasteiger partial charge in [-0.2, -0.15) is 0 Å². The Balaban J connectivity index is 1.95. The minimum Gasteiger partial charge on any atom is -0.396 e. The van der Waals surface area contributed by atoms with Crippen LogP contribution in [0.5, 0.6) is 0 Å². The predicted molar refractivity (Wildman–Crippen MR) is 90.4 cm³/mol. The fourth-order valence-electron chi connectivity index (χ4n) is 3.02. The highest BCUT2D eigenvalue weighted by Crippen LogP contribution is 2.39. The van der Waals surface area contributed by atoms with Crippen LogP contribution in [0.1, 0.15) is 45.1 Å². The number of anilines is 1. The van der Waals surface area contributed by atoms with Crippen molar-refractivity contribution in [1.29, 1.82) is 0 Å². The summed E-state index contributed by atoms with van der Waals surface area (Å²) in [6.07, 6.45) is 2.08. The minimum absolute atomic E-state index is 0.0310. The van der Waals surface area contributed by atoms with Crippen LogP contribution in [-0.2, 0) is 15.0 Å². The first-order valence-electron chi connectivity index (χ1n) is 8.23. The molecule has 1 heterocycles. The number of rotatable bonds is 7. The maximum absolute atomic E-state index is 12.5. The molecule has 2 amide bonds. The molecule has 2 N–H and O–H groups in total. The Morgan fingerprint density at radius 1 is 1.30 bits per heavy atom. The quantitative estimate of drug-likeness (QED) is 0.755. The number of carbonyl (C=O) groups excluding carboxylic acids is 2. The number of aliphatic hydroxyl groups excluding tert-OH is 1. The molecule has 5 heteroatoms. The van der Waals surface area contributed by atoms with Crippen LogP contribution in [0, 0.1) is 0 Å². The van der Waals surface area contributed by atoms with E-state index >= 15 is 0 Å². The van der Waals surface area contributed by atoms with Gasteiger partial charge in [0.05, 0.1) is 0 Å². The van der Waals surface area contributed by atoms with Crippen LogP contribution in [0.3, 0.4) is 0 Å². The van der Waals surface area contributed by atoms with E-state index in [-0.39, 0.29) is 23.8 Å². The molecule has 1 aliphatic rings. The number of nitrogens with zero attached hydrogens (tertiary/aromatic N) is 1. The van der Waals surface area contributed by atoms with Gasteiger partial charge in [-0.15, -0.1) is 0 Å². The molecule has 0 saturated carbocycles. The number of aliphatic hydroxyl groups is 1. The van der Waals surface area contributed by atoms with E-state index in [1.165, 1.54) is 5.56 Å². The summed E-state index contributed by atoms with van der Waals surface area (Å²) in [4.78, 5) is 26.0. The predicted octanol–water partition coefficient (Wildman–Crippen LogP) is 1.98. The third kappa shape index (κ3) is 4.32. The van der Waals surface area contributed by atoms with Crippen LogP contribution in [0.4, 0.5) is 5.69 Å². The zero-order chi connectivity index (χ0) is 16.9. The summed E-state index contributed by atoms with van der Waals surface area (Å²) < 4.78 is 0. The van der Waals surface area contributed by atoms with Gasteiger partial charge in [0, 0.05) is 43.6 Å². The molecular formula is C18H26N2O3. The molecule has 5 nitrogen and oxygen atoms in total. The van der Waals surface area contributed by atoms with Gasteiger partial charge in [-0.3, -0.25) is 9.59 Å². The van der Waals surface area contributed by atoms with Crippen molar-refractivity contribution in [3.63, 3.8) is 0 Å². The summed E-state index contributed by atoms with van der Waals surface area (Å²) in [7, 11) is 0. The van der Waals surface area contributed by atoms with Gasteiger partial charge in [0.15, 0.2) is 0 Å². The van der Waals surface area contributed by atoms with E-state index in [1.54, 1.807) is 0 Å². The highest BCUT2D eigenvalue weighted by atomic mass is 16.3. The molecule has 1 aromatic rings. The third-order valence-corrected chi connectivity index (χ3v) is 4.26. The van der Waals surface area contributed by atoms with E-state index in [0.717, 1.165) is 5.69 Å². The topological polar surface area (TPSA) is 69.6 Å². The number of hydrogen-bond donors (Lipinski definition) is 2. The van der Waals surface area contributed by atoms with Gasteiger partial charge in [-0.05, 0) is 24.5 Å². The third-order valence-electron chi connectivity index (χ3n) is 4.26. The van der Waals surface area contributed by atoms with E-state index in [2.05, 4.69) is 25.2 Å². The molecule has 0 saturated heterocycles. The van der Waals surface area contributed by atoms with E-state index in [9.17, 15) is 9.59 Å². The van der Waals surface area contributed by atoms with Crippen molar-refractivity contribution in [2.75, 3.05) is 24.6 Å². The lowest BCUT2D eigenvalue weighted by Crippen LogP contribution is -2.42. The fraction of sp³-hybridized carbons (Fsp3) is 0.556. The number of nitrogens with one attached hydrogen (secondary N) is 1. The van der Waals surface area contributed by atoms with Crippen LogP contribution < -0.4 is 10.2 Å². The van der Waals surface area contributed by atoms with Crippen LogP contribution in [-0.4, -0.2) is 36.6 Å². The molecule has 0 bridgehead atoms. The molecule has 23 heavy (non-hydrogen) atoms. The molecule has 0 aromatic heterocycles. The molecule has 0 radical (unpaired) electrons. The molecule has 0 fully saturated rings. The first-order chi connectivity index (χ1) is 11.0. The Morgan fingerprint density at radius 3 is 2.78 bits per heavy atom. The summed E-state index contributed by atoms with van der Waals surface area (Å²) in [6.45, 7) is 5.31. The van der Waals surface area contributed by atoms with Crippen molar-refractivity contribution in [3.05, 3.63) is 29.8 Å². The van der Waals surface area contributed by atoms with Crippen molar-refractivity contribution in [3.8, 4) is 0 Å². The molecule has 0 aliphatic carbocycles. The SMILES string of the molecule is CC1(C)CC(=O)N(CCCC(=O)NCCCO)c2ccccc21. The van der Waals surface area contributed by atoms with Gasteiger partial charge in [-0.25, -0.2) is 0 Å². The molecule has 2 rings (SSSR count). The number of amides is 2. The van der Waals surface area contributed by atoms with Crippen LogP contribution >= 0.6 is 0 Å². The summed E-state index contributed by atoms with van der Waals surface area (Å²) in [6, 6.07) is 8.01. The second-order valence-corrected chi connectivity index (χ2v) is 6.65. The van der Waals surface area contributed by atoms with Crippen LogP contribution in [0.25, 0.3) is 0 Å². The Morgan fingerprint density at radius 2 is 2.04 bits per heavy atom. The summed E-state index contributed by atoms with van der Waals surface area (Å²) >= 11 is 0. The van der Waals surface area contributed by atoms with Crippen molar-refractivity contribution >= 4 is 17.5 Å². The van der Waals surface area contributed by atoms with E-state index in [4.69, 9.17) is 5.11 Å². The van der Waals surface area contributed by atoms with E-state index in [0.29, 0.717) is 38.8 Å². The Kier molecular flexibility index (Phi) is 5.77. The summed E-state index contributed by atoms with van der Waals surface area (Å²) in [5.74, 6) is 0.0888. The largest absolute Gasteiger partial charge is 0.396 e. The minimum atomic E-state index is -0.147. The first-order valence-corrected chi connectivity index (χ1v) is 8.23. The lowest BCUT2D eigenvalue weighted by atomic mass is 9.77. The van der Waals surface area contributed by atoms with Gasteiger partial charge >= 0.3 is 0 Å². The average Bonchev–Trinajstić information content (AvgIpc) is 2.50. The summed E-state index contributed by atoms with van der Waals surface area (Å²) in [5, 5.41) is 11.5. The molecule has 0 spiro atoms. The average molecular weight is 318 g/mol. The fourth-order valence-corrected chi connectivity index (χ4v) is 3.02. The normalized spacial score (nSPS) is 16.1. The van der Waals surface area contributed by atoms with Crippen LogP contribution in [0.2, 0.25) is 0 Å². The molecule has 1 aliphatic heterocycles. The maximum Gasteiger partial charge on any atom is 0.227 e. The molecule has 1 aromatic carbocycles. The Hall–Kier alpha value is -1.88. The number of para-hydroxylation sites is 1. The Bertz CT molecular complexity index is 569. The number of fused-ring (bicyclic) bond motifs is 1. The molecule has 0 unspecified atom stereocenters. The number of hydrogen-bond acceptors (Lipinski definition) is 3. The van der Waals surface area contributed by atoms with E-state index < -0.39 is 0 Å². The first kappa shape index (κ1) is 17.5. The van der Waals surface area contributed by atoms with Gasteiger partial charge in [0.25, 0.3) is 0 Å². The molecular weight excluding hydrogens is 292 g/mol.